The predicted octanol–water partition coefficient (Wildman–Crippen LogP) is -6.26. The molecule has 1 amide bonds. The first-order valence-electron chi connectivity index (χ1n) is 18.8. The van der Waals surface area contributed by atoms with Gasteiger partial charge in [-0.3, -0.25) is 0 Å². The maximum Gasteiger partial charge on any atom is 0.407 e. The summed E-state index contributed by atoms with van der Waals surface area (Å²) in [5.41, 5.74) is 8.63. The Morgan fingerprint density at radius 1 is 1.02 bits per heavy atom. The highest BCUT2D eigenvalue weighted by molar-refractivity contribution is 7.16. The van der Waals surface area contributed by atoms with Gasteiger partial charge in [0, 0.05) is 13.0 Å². The van der Waals surface area contributed by atoms with Crippen LogP contribution in [-0.2, 0) is 44.6 Å². The van der Waals surface area contributed by atoms with E-state index in [4.69, 9.17) is 38.9 Å². The number of nitrogens with two attached hydrogens (primary N) is 1. The maximum absolute atomic E-state index is 13.0. The van der Waals surface area contributed by atoms with E-state index in [1.54, 1.807) is 17.6 Å². The van der Waals surface area contributed by atoms with Crippen LogP contribution in [0.4, 0.5) is 4.79 Å². The average molecular weight is 893 g/mol. The van der Waals surface area contributed by atoms with Crippen LogP contribution in [0.2, 0.25) is 0 Å². The molecule has 14 N–H and O–H groups in total. The van der Waals surface area contributed by atoms with Crippen LogP contribution in [0, 0.1) is 0 Å². The highest BCUT2D eigenvalue weighted by atomic mass is 32.1. The van der Waals surface area contributed by atoms with Gasteiger partial charge < -0.3 is 100 Å². The molecule has 340 valence electrons. The summed E-state index contributed by atoms with van der Waals surface area (Å²) in [4.78, 5) is 30.0. The molecule has 0 saturated carbocycles. The molecule has 5 heterocycles. The summed E-state index contributed by atoms with van der Waals surface area (Å²) < 4.78 is 40.7. The largest absolute Gasteiger partial charge is 0.477 e. The molecule has 0 spiro atoms. The molecule has 5 unspecified atom stereocenters. The lowest BCUT2D eigenvalue weighted by molar-refractivity contribution is -0.367. The smallest absolute Gasteiger partial charge is 0.407 e. The zero-order chi connectivity index (χ0) is 44.2. The lowest BCUT2D eigenvalue weighted by atomic mass is 9.88. The molecule has 6 rings (SSSR count). The van der Waals surface area contributed by atoms with Crippen molar-refractivity contribution in [2.75, 3.05) is 33.0 Å². The van der Waals surface area contributed by atoms with E-state index in [1.165, 1.54) is 22.2 Å². The number of carboxylic acids is 1. The Hall–Kier alpha value is -3.69. The summed E-state index contributed by atoms with van der Waals surface area (Å²) in [6.45, 7) is -3.41. The second kappa shape index (κ2) is 20.2. The second-order valence-corrected chi connectivity index (χ2v) is 15.2. The third-order valence-electron chi connectivity index (χ3n) is 10.2. The first-order valence-corrected chi connectivity index (χ1v) is 19.7. The molecular weight excluding hydrogens is 844 g/mol. The van der Waals surface area contributed by atoms with E-state index in [0.29, 0.717) is 5.69 Å². The molecule has 0 bridgehead atoms. The summed E-state index contributed by atoms with van der Waals surface area (Å²) in [5.74, 6) is -4.87. The number of rotatable bonds is 17. The van der Waals surface area contributed by atoms with Crippen LogP contribution in [0.15, 0.2) is 29.9 Å². The molecule has 3 fully saturated rings. The van der Waals surface area contributed by atoms with Gasteiger partial charge >= 0.3 is 12.1 Å². The number of fused-ring (bicyclic) bond motifs is 1. The van der Waals surface area contributed by atoms with Gasteiger partial charge in [-0.15, -0.1) is 16.4 Å². The number of amides is 1. The number of carbonyl (C=O) groups excluding carboxylic acids is 1. The summed E-state index contributed by atoms with van der Waals surface area (Å²) in [7, 11) is 0. The van der Waals surface area contributed by atoms with Crippen LogP contribution >= 0.6 is 11.3 Å². The number of ether oxygens (including phenoxy) is 7. The Balaban J connectivity index is 1.12. The molecule has 1 aromatic carbocycles. The summed E-state index contributed by atoms with van der Waals surface area (Å²) in [6, 6.07) is 3.69. The number of nitrogens with zero attached hydrogens (tertiary/aromatic N) is 4. The molecule has 61 heavy (non-hydrogen) atoms. The van der Waals surface area contributed by atoms with E-state index in [2.05, 4.69) is 20.6 Å². The Morgan fingerprint density at radius 3 is 2.46 bits per heavy atom. The number of carboxylic acid groups (broad SMARTS) is 1. The van der Waals surface area contributed by atoms with E-state index in [1.807, 2.05) is 6.07 Å². The van der Waals surface area contributed by atoms with E-state index in [-0.39, 0.29) is 18.8 Å². The zero-order valence-electron chi connectivity index (χ0n) is 31.9. The van der Waals surface area contributed by atoms with Crippen molar-refractivity contribution in [3.63, 3.8) is 0 Å². The van der Waals surface area contributed by atoms with Crippen LogP contribution in [0.1, 0.15) is 12.1 Å². The Morgan fingerprint density at radius 2 is 1.75 bits per heavy atom. The summed E-state index contributed by atoms with van der Waals surface area (Å²) in [6.07, 6.45) is -26.8. The summed E-state index contributed by atoms with van der Waals surface area (Å²) >= 11 is 1.46. The number of thiazole rings is 1. The van der Waals surface area contributed by atoms with E-state index < -0.39 is 143 Å². The van der Waals surface area contributed by atoms with Crippen molar-refractivity contribution in [3.8, 4) is 5.69 Å². The van der Waals surface area contributed by atoms with E-state index in [9.17, 15) is 65.8 Å². The Labute approximate surface area is 348 Å². The van der Waals surface area contributed by atoms with Gasteiger partial charge in [-0.25, -0.2) is 19.3 Å². The first kappa shape index (κ1) is 46.8. The van der Waals surface area contributed by atoms with Gasteiger partial charge in [0.2, 0.25) is 0 Å². The lowest BCUT2D eigenvalue weighted by Crippen LogP contribution is -2.68. The minimum absolute atomic E-state index is 0.0316. The fourth-order valence-corrected chi connectivity index (χ4v) is 7.58. The normalized spacial score (nSPS) is 35.4. The van der Waals surface area contributed by atoms with Gasteiger partial charge in [-0.05, 0) is 18.2 Å². The van der Waals surface area contributed by atoms with Crippen LogP contribution in [0.5, 0.6) is 0 Å². The predicted molar refractivity (Wildman–Crippen MR) is 197 cm³/mol. The number of aromatic nitrogens is 4. The molecule has 0 radical (unpaired) electrons. The molecule has 3 saturated heterocycles. The lowest BCUT2D eigenvalue weighted by Gasteiger charge is -2.48. The number of hydrogen-bond acceptors (Lipinski definition) is 24. The number of aliphatic hydroxyl groups excluding tert-OH is 10. The number of aliphatic carboxylic acids is 1. The second-order valence-electron chi connectivity index (χ2n) is 14.4. The fraction of sp³-hybridized carbons (Fsp3) is 0.676. The Bertz CT molecular complexity index is 1910. The molecule has 27 heteroatoms. The molecule has 0 aliphatic carbocycles. The van der Waals surface area contributed by atoms with Crippen molar-refractivity contribution in [1.29, 1.82) is 0 Å². The zero-order valence-corrected chi connectivity index (χ0v) is 32.7. The van der Waals surface area contributed by atoms with Crippen LogP contribution in [-0.4, -0.2) is 219 Å². The number of aliphatic hydroxyl groups is 10. The highest BCUT2D eigenvalue weighted by Crippen LogP contribution is 2.36. The number of benzene rings is 1. The van der Waals surface area contributed by atoms with Crippen LogP contribution < -0.4 is 11.1 Å². The van der Waals surface area contributed by atoms with Gasteiger partial charge in [-0.1, -0.05) is 5.21 Å². The number of alkyl carbamates (subject to hydrolysis) is 1. The number of carbonyl (C=O) groups is 2. The first-order chi connectivity index (χ1) is 29.1. The molecule has 2 aromatic heterocycles. The molecular formula is C34H48N6O20S. The molecule has 16 atom stereocenters. The van der Waals surface area contributed by atoms with Crippen LogP contribution in [0.3, 0.4) is 0 Å². The SMILES string of the molecule is NCCO[C@@H]1OC(CO)[C@@H](O[C@@H]2OC(CO[C@]3(C(=O)O)C[C@@H](O)[C@@H](NC(=O)OCc4cn(-c5ccc6scnc6c5)nn4)C([C@H](O)[C@H](O)CO)O3)[C@H](O)[C@H](O)C2O)[C@@H](O)C1O. The topological polar surface area (TPSA) is 403 Å². The number of hydrogen-bond donors (Lipinski definition) is 13. The van der Waals surface area contributed by atoms with E-state index in [0.717, 1.165) is 10.2 Å². The van der Waals surface area contributed by atoms with Crippen molar-refractivity contribution in [2.45, 2.75) is 111 Å². The standard InChI is InChI=1S/C34H48N6O20S/c35-3-4-54-30-27(50)25(48)28(18(9-42)57-30)59-31-26(49)24(47)23(46)19(58-31)11-56-34(32(51)52)6-16(43)21(29(60-34)22(45)17(44)8-41)37-33(53)55-10-13-7-40(39-38-13)14-1-2-20-15(5-14)36-12-61-20/h1-2,5,7,12,16-19,21-31,41-50H,3-4,6,8-11,35H2,(H,37,53)(H,51,52)/t16-,17-,18?,19?,21-,22-,23+,24+,25+,26?,27?,28-,29?,30-,31+,34-/m1/s1. The van der Waals surface area contributed by atoms with Crippen molar-refractivity contribution >= 4 is 33.6 Å². The van der Waals surface area contributed by atoms with Gasteiger partial charge in [0.1, 0.15) is 79.4 Å². The van der Waals surface area contributed by atoms with Gasteiger partial charge in [0.25, 0.3) is 5.79 Å². The van der Waals surface area contributed by atoms with Crippen molar-refractivity contribution < 1.29 is 98.9 Å². The minimum atomic E-state index is -2.94. The molecule has 3 aliphatic heterocycles. The van der Waals surface area contributed by atoms with Crippen molar-refractivity contribution in [2.24, 2.45) is 5.73 Å². The number of nitrogens with one attached hydrogen (secondary N) is 1. The van der Waals surface area contributed by atoms with Gasteiger partial charge in [-0.2, -0.15) is 0 Å². The third-order valence-corrected chi connectivity index (χ3v) is 11.0. The minimum Gasteiger partial charge on any atom is -0.477 e. The highest BCUT2D eigenvalue weighted by Gasteiger charge is 2.57. The fourth-order valence-electron chi connectivity index (χ4n) is 6.92. The van der Waals surface area contributed by atoms with Gasteiger partial charge in [0.05, 0.1) is 66.2 Å². The molecule has 3 aliphatic rings. The van der Waals surface area contributed by atoms with Crippen molar-refractivity contribution in [3.05, 3.63) is 35.6 Å². The monoisotopic (exact) mass is 892 g/mol. The quantitative estimate of drug-likeness (QED) is 0.0599. The van der Waals surface area contributed by atoms with Gasteiger partial charge in [0.15, 0.2) is 12.6 Å². The summed E-state index contributed by atoms with van der Waals surface area (Å²) in [5, 5.41) is 126. The molecule has 3 aromatic rings. The third kappa shape index (κ3) is 10.2. The van der Waals surface area contributed by atoms with Crippen molar-refractivity contribution in [1.82, 2.24) is 25.3 Å². The molecule has 26 nitrogen and oxygen atoms in total. The maximum atomic E-state index is 13.0. The Kier molecular flexibility index (Phi) is 15.5. The van der Waals surface area contributed by atoms with E-state index >= 15 is 0 Å². The average Bonchev–Trinajstić information content (AvgIpc) is 3.94. The van der Waals surface area contributed by atoms with Crippen LogP contribution in [0.25, 0.3) is 15.9 Å².